The van der Waals surface area contributed by atoms with Crippen LogP contribution >= 0.6 is 11.3 Å². The summed E-state index contributed by atoms with van der Waals surface area (Å²) in [6, 6.07) is 8.57. The Morgan fingerprint density at radius 2 is 1.82 bits per heavy atom. The number of aliphatic hydroxyl groups is 1. The van der Waals surface area contributed by atoms with Crippen LogP contribution in [0, 0.1) is 6.92 Å². The zero-order valence-electron chi connectivity index (χ0n) is 24.2. The molecule has 0 bridgehead atoms. The number of hydrogen-bond donors (Lipinski definition) is 1. The Bertz CT molecular complexity index is 1680. The first-order valence-electron chi connectivity index (χ1n) is 13.8. The van der Waals surface area contributed by atoms with Gasteiger partial charge < -0.3 is 28.8 Å². The van der Waals surface area contributed by atoms with Gasteiger partial charge in [0.15, 0.2) is 28.1 Å². The third-order valence-electron chi connectivity index (χ3n) is 6.71. The van der Waals surface area contributed by atoms with Crippen LogP contribution in [0.5, 0.6) is 23.0 Å². The molecule has 3 aromatic rings. The van der Waals surface area contributed by atoms with Gasteiger partial charge in [-0.2, -0.15) is 0 Å². The molecule has 228 valence electrons. The van der Waals surface area contributed by atoms with E-state index in [4.69, 9.17) is 23.7 Å². The normalized spacial score (nSPS) is 16.9. The lowest BCUT2D eigenvalue weighted by atomic mass is 9.95. The zero-order chi connectivity index (χ0) is 31.4. The minimum Gasteiger partial charge on any atom is -0.507 e. The largest absolute Gasteiger partial charge is 0.507 e. The number of thiazole rings is 1. The summed E-state index contributed by atoms with van der Waals surface area (Å²) in [4.78, 5) is 45.9. The molecular formula is C32H30N2O9S. The zero-order valence-corrected chi connectivity index (χ0v) is 25.0. The second-order valence-corrected chi connectivity index (χ2v) is 10.5. The SMILES string of the molecule is C=CCOC(=O)c1sc(N2C(=O)C(=O)/C(=C(/O)c3ccc4c(c3)OCCO4)[C@H]2c2ccc(OCC=C)c(OCC)c2)nc1C. The summed E-state index contributed by atoms with van der Waals surface area (Å²) in [6.07, 6.45) is 3.03. The standard InChI is InChI=1S/C32H30N2O9S/c1-5-12-40-21-10-8-19(16-23(21)39-7-3)26-25(27(35)20-9-11-22-24(17-20)42-15-14-41-22)28(36)30(37)34(26)32-33-18(4)29(44-32)31(38)43-13-6-2/h5-6,8-11,16-17,26,35H,1-2,7,12-15H2,3-4H3/b27-25+/t26-/m1/s1. The van der Waals surface area contributed by atoms with E-state index in [0.717, 1.165) is 11.3 Å². The molecule has 44 heavy (non-hydrogen) atoms. The number of carbonyl (C=O) groups excluding carboxylic acids is 3. The van der Waals surface area contributed by atoms with Crippen LogP contribution in [0.2, 0.25) is 0 Å². The van der Waals surface area contributed by atoms with E-state index in [1.54, 1.807) is 49.4 Å². The van der Waals surface area contributed by atoms with Crippen molar-refractivity contribution in [2.75, 3.05) is 37.9 Å². The first-order chi connectivity index (χ1) is 21.3. The van der Waals surface area contributed by atoms with E-state index in [1.807, 2.05) is 6.92 Å². The molecule has 5 rings (SSSR count). The van der Waals surface area contributed by atoms with Crippen LogP contribution in [0.4, 0.5) is 5.13 Å². The molecule has 0 saturated carbocycles. The van der Waals surface area contributed by atoms with Gasteiger partial charge in [0, 0.05) is 5.56 Å². The predicted molar refractivity (Wildman–Crippen MR) is 163 cm³/mol. The summed E-state index contributed by atoms with van der Waals surface area (Å²) < 4.78 is 28.0. The van der Waals surface area contributed by atoms with Crippen molar-refractivity contribution < 1.29 is 43.2 Å². The second-order valence-electron chi connectivity index (χ2n) is 9.56. The molecule has 2 aromatic carbocycles. The van der Waals surface area contributed by atoms with E-state index in [1.165, 1.54) is 11.0 Å². The van der Waals surface area contributed by atoms with E-state index in [0.29, 0.717) is 54.1 Å². The Kier molecular flexibility index (Phi) is 9.00. The van der Waals surface area contributed by atoms with Crippen molar-refractivity contribution in [1.82, 2.24) is 4.98 Å². The summed E-state index contributed by atoms with van der Waals surface area (Å²) in [7, 11) is 0. The molecule has 3 heterocycles. The molecule has 1 atom stereocenters. The lowest BCUT2D eigenvalue weighted by molar-refractivity contribution is -0.132. The Morgan fingerprint density at radius 3 is 2.55 bits per heavy atom. The molecule has 0 aliphatic carbocycles. The number of fused-ring (bicyclic) bond motifs is 1. The third-order valence-corrected chi connectivity index (χ3v) is 7.85. The monoisotopic (exact) mass is 618 g/mol. The van der Waals surface area contributed by atoms with Gasteiger partial charge >= 0.3 is 11.9 Å². The fourth-order valence-electron chi connectivity index (χ4n) is 4.80. The van der Waals surface area contributed by atoms with Gasteiger partial charge in [-0.3, -0.25) is 14.5 Å². The number of rotatable bonds is 11. The molecule has 1 fully saturated rings. The number of benzene rings is 2. The average Bonchev–Trinajstić information content (AvgIpc) is 3.54. The molecule has 1 aromatic heterocycles. The van der Waals surface area contributed by atoms with E-state index in [9.17, 15) is 19.5 Å². The number of anilines is 1. The van der Waals surface area contributed by atoms with Gasteiger partial charge in [0.2, 0.25) is 0 Å². The first-order valence-corrected chi connectivity index (χ1v) is 14.6. The lowest BCUT2D eigenvalue weighted by Crippen LogP contribution is -2.29. The van der Waals surface area contributed by atoms with Gasteiger partial charge in [0.25, 0.3) is 5.78 Å². The van der Waals surface area contributed by atoms with E-state index in [-0.39, 0.29) is 34.4 Å². The van der Waals surface area contributed by atoms with Crippen LogP contribution in [0.1, 0.15) is 39.5 Å². The Balaban J connectivity index is 1.68. The number of ether oxygens (including phenoxy) is 5. The maximum absolute atomic E-state index is 13.7. The molecule has 1 N–H and O–H groups in total. The van der Waals surface area contributed by atoms with E-state index in [2.05, 4.69) is 18.1 Å². The highest BCUT2D eigenvalue weighted by Crippen LogP contribution is 2.46. The third kappa shape index (κ3) is 5.76. The lowest BCUT2D eigenvalue weighted by Gasteiger charge is -2.24. The van der Waals surface area contributed by atoms with Crippen LogP contribution in [-0.4, -0.2) is 60.8 Å². The predicted octanol–water partition coefficient (Wildman–Crippen LogP) is 5.16. The number of aromatic nitrogens is 1. The minimum atomic E-state index is -1.14. The van der Waals surface area contributed by atoms with Crippen LogP contribution in [0.15, 0.2) is 67.3 Å². The number of amides is 1. The van der Waals surface area contributed by atoms with E-state index < -0.39 is 29.5 Å². The number of hydrogen-bond acceptors (Lipinski definition) is 11. The summed E-state index contributed by atoms with van der Waals surface area (Å²) in [5, 5.41) is 11.7. The van der Waals surface area contributed by atoms with Gasteiger partial charge in [0.05, 0.1) is 23.9 Å². The maximum atomic E-state index is 13.7. The minimum absolute atomic E-state index is 0.00790. The summed E-state index contributed by atoms with van der Waals surface area (Å²) >= 11 is 0.902. The topological polar surface area (TPSA) is 134 Å². The number of esters is 1. The number of Topliss-reactive ketones (excluding diaryl/α,β-unsaturated/α-hetero) is 1. The highest BCUT2D eigenvalue weighted by Gasteiger charge is 2.49. The fourth-order valence-corrected chi connectivity index (χ4v) is 5.78. The van der Waals surface area contributed by atoms with Gasteiger partial charge in [-0.1, -0.05) is 42.7 Å². The van der Waals surface area contributed by atoms with Gasteiger partial charge in [-0.25, -0.2) is 9.78 Å². The van der Waals surface area contributed by atoms with Crippen LogP contribution in [0.3, 0.4) is 0 Å². The number of carbonyl (C=O) groups is 3. The van der Waals surface area contributed by atoms with Crippen molar-refractivity contribution in [1.29, 1.82) is 0 Å². The van der Waals surface area contributed by atoms with Crippen molar-refractivity contribution >= 4 is 39.9 Å². The van der Waals surface area contributed by atoms with Crippen molar-refractivity contribution in [2.24, 2.45) is 0 Å². The van der Waals surface area contributed by atoms with Crippen LogP contribution in [-0.2, 0) is 14.3 Å². The molecule has 12 heteroatoms. The molecule has 2 aliphatic heterocycles. The smallest absolute Gasteiger partial charge is 0.350 e. The van der Waals surface area contributed by atoms with Crippen molar-refractivity contribution in [3.05, 3.63) is 89.0 Å². The Morgan fingerprint density at radius 1 is 1.07 bits per heavy atom. The highest BCUT2D eigenvalue weighted by molar-refractivity contribution is 7.17. The molecular weight excluding hydrogens is 588 g/mol. The van der Waals surface area contributed by atoms with Crippen LogP contribution in [0.25, 0.3) is 5.76 Å². The van der Waals surface area contributed by atoms with E-state index >= 15 is 0 Å². The molecule has 2 aliphatic rings. The molecule has 1 amide bonds. The first kappa shape index (κ1) is 30.4. The quantitative estimate of drug-likeness (QED) is 0.101. The van der Waals surface area contributed by atoms with Gasteiger partial charge in [0.1, 0.15) is 37.1 Å². The number of aryl methyl sites for hydroxylation is 1. The van der Waals surface area contributed by atoms with Crippen molar-refractivity contribution in [2.45, 2.75) is 19.9 Å². The summed E-state index contributed by atoms with van der Waals surface area (Å²) in [6.45, 7) is 11.9. The molecule has 0 radical (unpaired) electrons. The fraction of sp³-hybridized carbons (Fsp3) is 0.250. The second kappa shape index (κ2) is 13.0. The molecule has 11 nitrogen and oxygen atoms in total. The molecule has 0 unspecified atom stereocenters. The van der Waals surface area contributed by atoms with Gasteiger partial charge in [-0.15, -0.1) is 0 Å². The number of nitrogens with zero attached hydrogens (tertiary/aromatic N) is 2. The maximum Gasteiger partial charge on any atom is 0.350 e. The average molecular weight is 619 g/mol. The van der Waals surface area contributed by atoms with Crippen LogP contribution < -0.4 is 23.8 Å². The highest BCUT2D eigenvalue weighted by atomic mass is 32.1. The van der Waals surface area contributed by atoms with Crippen molar-refractivity contribution in [3.8, 4) is 23.0 Å². The summed E-state index contributed by atoms with van der Waals surface area (Å²) in [5.74, 6) is -1.25. The Hall–Kier alpha value is -5.10. The number of aliphatic hydroxyl groups excluding tert-OH is 1. The van der Waals surface area contributed by atoms with Gasteiger partial charge in [-0.05, 0) is 49.7 Å². The van der Waals surface area contributed by atoms with Crippen molar-refractivity contribution in [3.63, 3.8) is 0 Å². The molecule has 0 spiro atoms. The Labute approximate surface area is 257 Å². The number of ketones is 1. The summed E-state index contributed by atoms with van der Waals surface area (Å²) in [5.41, 5.74) is 0.811. The molecule has 1 saturated heterocycles.